The van der Waals surface area contributed by atoms with E-state index in [1.807, 2.05) is 29.2 Å². The molecule has 3 aromatic rings. The summed E-state index contributed by atoms with van der Waals surface area (Å²) < 4.78 is 13.1. The summed E-state index contributed by atoms with van der Waals surface area (Å²) in [5.74, 6) is 3.01. The molecule has 0 atom stereocenters. The second-order valence-electron chi connectivity index (χ2n) is 7.87. The molecule has 5 rings (SSSR count). The van der Waals surface area contributed by atoms with Crippen molar-refractivity contribution in [2.45, 2.75) is 39.3 Å². The average Bonchev–Trinajstić information content (AvgIpc) is 3.32. The van der Waals surface area contributed by atoms with E-state index in [1.54, 1.807) is 6.07 Å². The Morgan fingerprint density at radius 3 is 2.83 bits per heavy atom. The number of ether oxygens (including phenoxy) is 2. The molecule has 2 aliphatic rings. The van der Waals surface area contributed by atoms with Gasteiger partial charge >= 0.3 is 0 Å². The molecular weight excluding hydrogens is 366 g/mol. The molecule has 150 valence electrons. The lowest BCUT2D eigenvalue weighted by Gasteiger charge is -2.23. The highest BCUT2D eigenvalue weighted by molar-refractivity contribution is 5.95. The monoisotopic (exact) mass is 391 g/mol. The number of carbonyl (C=O) groups is 1. The van der Waals surface area contributed by atoms with Crippen LogP contribution in [0.25, 0.3) is 11.0 Å². The van der Waals surface area contributed by atoms with Gasteiger partial charge in [-0.2, -0.15) is 0 Å². The van der Waals surface area contributed by atoms with Gasteiger partial charge in [-0.3, -0.25) is 4.79 Å². The van der Waals surface area contributed by atoms with E-state index >= 15 is 0 Å². The van der Waals surface area contributed by atoms with Crippen LogP contribution in [0.3, 0.4) is 0 Å². The van der Waals surface area contributed by atoms with Gasteiger partial charge in [-0.25, -0.2) is 4.98 Å². The lowest BCUT2D eigenvalue weighted by molar-refractivity contribution is 0.0736. The molecule has 1 aliphatic heterocycles. The number of hydrogen-bond donors (Lipinski definition) is 0. The minimum absolute atomic E-state index is 0.00446. The largest absolute Gasteiger partial charge is 0.454 e. The van der Waals surface area contributed by atoms with Gasteiger partial charge < -0.3 is 18.9 Å². The van der Waals surface area contributed by atoms with Gasteiger partial charge in [0.1, 0.15) is 5.82 Å². The Bertz CT molecular complexity index is 1050. The highest BCUT2D eigenvalue weighted by atomic mass is 16.7. The van der Waals surface area contributed by atoms with Crippen molar-refractivity contribution in [3.05, 3.63) is 53.9 Å². The molecule has 1 fully saturated rings. The summed E-state index contributed by atoms with van der Waals surface area (Å²) in [6.07, 6.45) is 3.45. The number of imidazole rings is 1. The molecule has 2 aromatic carbocycles. The van der Waals surface area contributed by atoms with Crippen molar-refractivity contribution < 1.29 is 14.3 Å². The Labute approximate surface area is 170 Å². The zero-order chi connectivity index (χ0) is 19.8. The van der Waals surface area contributed by atoms with Crippen LogP contribution in [0.15, 0.2) is 42.5 Å². The van der Waals surface area contributed by atoms with E-state index in [9.17, 15) is 4.79 Å². The zero-order valence-electron chi connectivity index (χ0n) is 16.6. The second kappa shape index (κ2) is 7.43. The van der Waals surface area contributed by atoms with Gasteiger partial charge in [0, 0.05) is 18.7 Å². The van der Waals surface area contributed by atoms with Crippen molar-refractivity contribution in [1.82, 2.24) is 14.5 Å². The van der Waals surface area contributed by atoms with Crippen LogP contribution in [0.2, 0.25) is 0 Å². The maximum Gasteiger partial charge on any atom is 0.254 e. The highest BCUT2D eigenvalue weighted by Gasteiger charge is 2.26. The number of rotatable bonds is 7. The van der Waals surface area contributed by atoms with Gasteiger partial charge in [-0.05, 0) is 55.5 Å². The fourth-order valence-electron chi connectivity index (χ4n) is 3.91. The Balaban J connectivity index is 1.45. The molecule has 1 amide bonds. The Hall–Kier alpha value is -3.02. The summed E-state index contributed by atoms with van der Waals surface area (Å²) in [5, 5.41) is 0. The van der Waals surface area contributed by atoms with E-state index in [0.29, 0.717) is 30.2 Å². The number of carbonyl (C=O) groups excluding carboxylic acids is 1. The van der Waals surface area contributed by atoms with Gasteiger partial charge in [0.15, 0.2) is 11.5 Å². The van der Waals surface area contributed by atoms with Crippen LogP contribution in [-0.4, -0.2) is 33.7 Å². The number of fused-ring (bicyclic) bond motifs is 2. The average molecular weight is 391 g/mol. The Morgan fingerprint density at radius 1 is 1.17 bits per heavy atom. The zero-order valence-corrected chi connectivity index (χ0v) is 16.6. The maximum absolute atomic E-state index is 13.3. The summed E-state index contributed by atoms with van der Waals surface area (Å²) >= 11 is 0. The molecule has 0 unspecified atom stereocenters. The summed E-state index contributed by atoms with van der Waals surface area (Å²) in [6, 6.07) is 13.6. The topological polar surface area (TPSA) is 56.6 Å². The van der Waals surface area contributed by atoms with Crippen molar-refractivity contribution in [2.24, 2.45) is 5.92 Å². The number of nitrogens with zero attached hydrogens (tertiary/aromatic N) is 3. The third-order valence-electron chi connectivity index (χ3n) is 5.60. The van der Waals surface area contributed by atoms with Crippen LogP contribution >= 0.6 is 0 Å². The normalized spacial score (nSPS) is 15.1. The van der Waals surface area contributed by atoms with Gasteiger partial charge in [0.05, 0.1) is 17.6 Å². The third-order valence-corrected chi connectivity index (χ3v) is 5.60. The van der Waals surface area contributed by atoms with E-state index in [1.165, 1.54) is 12.8 Å². The van der Waals surface area contributed by atoms with Gasteiger partial charge in [-0.1, -0.05) is 19.1 Å². The number of para-hydroxylation sites is 2. The van der Waals surface area contributed by atoms with Gasteiger partial charge in [0.25, 0.3) is 5.91 Å². The summed E-state index contributed by atoms with van der Waals surface area (Å²) in [7, 11) is 0. The molecule has 0 N–H and O–H groups in total. The second-order valence-corrected chi connectivity index (χ2v) is 7.87. The first kappa shape index (κ1) is 18.0. The molecule has 2 heterocycles. The van der Waals surface area contributed by atoms with E-state index in [-0.39, 0.29) is 12.7 Å². The molecule has 29 heavy (non-hydrogen) atoms. The van der Waals surface area contributed by atoms with Crippen molar-refractivity contribution in [3.8, 4) is 11.5 Å². The van der Waals surface area contributed by atoms with E-state index in [2.05, 4.69) is 23.6 Å². The van der Waals surface area contributed by atoms with Crippen LogP contribution in [0.5, 0.6) is 11.5 Å². The SMILES string of the molecule is CCCN(Cc1nc2ccccc2n1CC1CC1)C(=O)c1ccc2c(c1)OCO2. The summed E-state index contributed by atoms with van der Waals surface area (Å²) in [4.78, 5) is 20.1. The quantitative estimate of drug-likeness (QED) is 0.605. The molecule has 0 bridgehead atoms. The van der Waals surface area contributed by atoms with E-state index < -0.39 is 0 Å². The predicted octanol–water partition coefficient (Wildman–Crippen LogP) is 4.23. The molecule has 0 spiro atoms. The third kappa shape index (κ3) is 3.55. The van der Waals surface area contributed by atoms with Gasteiger partial charge in [0.2, 0.25) is 6.79 Å². The van der Waals surface area contributed by atoms with Crippen LogP contribution < -0.4 is 9.47 Å². The Morgan fingerprint density at radius 2 is 2.00 bits per heavy atom. The van der Waals surface area contributed by atoms with Crippen molar-refractivity contribution >= 4 is 16.9 Å². The van der Waals surface area contributed by atoms with Crippen LogP contribution in [0, 0.1) is 5.92 Å². The fraction of sp³-hybridized carbons (Fsp3) is 0.391. The number of amides is 1. The van der Waals surface area contributed by atoms with Crippen molar-refractivity contribution in [3.63, 3.8) is 0 Å². The van der Waals surface area contributed by atoms with Crippen LogP contribution in [0.4, 0.5) is 0 Å². The molecule has 0 saturated heterocycles. The Kier molecular flexibility index (Phi) is 4.62. The molecule has 6 nitrogen and oxygen atoms in total. The van der Waals surface area contributed by atoms with Crippen molar-refractivity contribution in [1.29, 1.82) is 0 Å². The number of benzene rings is 2. The minimum atomic E-state index is -0.00446. The minimum Gasteiger partial charge on any atom is -0.454 e. The van der Waals surface area contributed by atoms with Gasteiger partial charge in [-0.15, -0.1) is 0 Å². The van der Waals surface area contributed by atoms with Crippen LogP contribution in [-0.2, 0) is 13.1 Å². The maximum atomic E-state index is 13.3. The standard InChI is InChI=1S/C23H25N3O3/c1-2-11-25(23(27)17-9-10-20-21(12-17)29-15-28-20)14-22-24-18-5-3-4-6-19(18)26(22)13-16-7-8-16/h3-6,9-10,12,16H,2,7-8,11,13-15H2,1H3. The lowest BCUT2D eigenvalue weighted by Crippen LogP contribution is -2.32. The lowest BCUT2D eigenvalue weighted by atomic mass is 10.1. The molecule has 1 aliphatic carbocycles. The highest BCUT2D eigenvalue weighted by Crippen LogP contribution is 2.34. The summed E-state index contributed by atoms with van der Waals surface area (Å²) in [5.41, 5.74) is 2.77. The summed E-state index contributed by atoms with van der Waals surface area (Å²) in [6.45, 7) is 4.46. The first-order chi connectivity index (χ1) is 14.2. The molecule has 0 radical (unpaired) electrons. The molecular formula is C23H25N3O3. The van der Waals surface area contributed by atoms with Crippen molar-refractivity contribution in [2.75, 3.05) is 13.3 Å². The first-order valence-corrected chi connectivity index (χ1v) is 10.4. The molecule has 1 aromatic heterocycles. The van der Waals surface area contributed by atoms with Crippen LogP contribution in [0.1, 0.15) is 42.4 Å². The molecule has 1 saturated carbocycles. The predicted molar refractivity (Wildman–Crippen MR) is 110 cm³/mol. The number of aromatic nitrogens is 2. The molecule has 6 heteroatoms. The smallest absolute Gasteiger partial charge is 0.254 e. The van der Waals surface area contributed by atoms with E-state index in [4.69, 9.17) is 14.5 Å². The first-order valence-electron chi connectivity index (χ1n) is 10.4. The number of hydrogen-bond acceptors (Lipinski definition) is 4. The van der Waals surface area contributed by atoms with E-state index in [0.717, 1.165) is 35.7 Å². The fourth-order valence-corrected chi connectivity index (χ4v) is 3.91.